The quantitative estimate of drug-likeness (QED) is 0.860. The number of rotatable bonds is 4. The molecule has 1 aliphatic rings. The van der Waals surface area contributed by atoms with E-state index in [0.717, 1.165) is 0 Å². The number of hydrogen-bond acceptors (Lipinski definition) is 3. The molecule has 0 bridgehead atoms. The van der Waals surface area contributed by atoms with E-state index in [2.05, 4.69) is 12.6 Å². The topological polar surface area (TPSA) is 47.3 Å². The normalized spacial score (nSPS) is 24.7. The Hall–Kier alpha value is -1.93. The fourth-order valence-corrected chi connectivity index (χ4v) is 3.75. The van der Waals surface area contributed by atoms with Gasteiger partial charge in [-0.05, 0) is 30.5 Å². The van der Waals surface area contributed by atoms with Gasteiger partial charge in [0.1, 0.15) is 17.7 Å². The Kier molecular flexibility index (Phi) is 5.53. The summed E-state index contributed by atoms with van der Waals surface area (Å²) in [7, 11) is 0. The minimum absolute atomic E-state index is 0.0336. The molecule has 5 heteroatoms. The maximum atomic E-state index is 15.1. The summed E-state index contributed by atoms with van der Waals surface area (Å²) in [6.45, 7) is 10.4. The molecule has 2 rings (SSSR count). The van der Waals surface area contributed by atoms with Crippen LogP contribution in [0.3, 0.4) is 0 Å². The minimum Gasteiger partial charge on any atom is -0.507 e. The molecule has 0 radical (unpaired) electrons. The number of hydrogen-bond donors (Lipinski definition) is 1. The second kappa shape index (κ2) is 7.13. The first-order chi connectivity index (χ1) is 11.6. The summed E-state index contributed by atoms with van der Waals surface area (Å²) >= 11 is 0. The van der Waals surface area contributed by atoms with Crippen LogP contribution in [0, 0.1) is 28.0 Å². The molecule has 1 saturated heterocycles. The van der Waals surface area contributed by atoms with Crippen LogP contribution in [-0.4, -0.2) is 29.3 Å². The Balaban J connectivity index is 2.18. The minimum atomic E-state index is -1.16. The van der Waals surface area contributed by atoms with Gasteiger partial charge in [-0.2, -0.15) is 5.26 Å². The Morgan fingerprint density at radius 2 is 2.16 bits per heavy atom. The van der Waals surface area contributed by atoms with Crippen LogP contribution >= 0.6 is 0 Å². The van der Waals surface area contributed by atoms with E-state index in [9.17, 15) is 9.50 Å². The van der Waals surface area contributed by atoms with Gasteiger partial charge in [0.2, 0.25) is 0 Å². The molecule has 136 valence electrons. The maximum absolute atomic E-state index is 15.1. The Morgan fingerprint density at radius 1 is 1.48 bits per heavy atom. The van der Waals surface area contributed by atoms with Crippen molar-refractivity contribution in [3.05, 3.63) is 35.7 Å². The van der Waals surface area contributed by atoms with Crippen LogP contribution in [0.4, 0.5) is 8.78 Å². The van der Waals surface area contributed by atoms with Crippen LogP contribution in [0.1, 0.15) is 44.7 Å². The van der Waals surface area contributed by atoms with Crippen LogP contribution in [0.2, 0.25) is 0 Å². The average molecular weight is 348 g/mol. The summed E-state index contributed by atoms with van der Waals surface area (Å²) in [4.78, 5) is 1.84. The highest BCUT2D eigenvalue weighted by Gasteiger charge is 2.51. The molecule has 0 aromatic heterocycles. The lowest BCUT2D eigenvalue weighted by molar-refractivity contribution is -0.0662. The van der Waals surface area contributed by atoms with Gasteiger partial charge < -0.3 is 5.11 Å². The highest BCUT2D eigenvalue weighted by atomic mass is 19.1. The molecule has 0 amide bonds. The zero-order valence-corrected chi connectivity index (χ0v) is 15.1. The summed E-state index contributed by atoms with van der Waals surface area (Å²) in [5, 5.41) is 19.1. The zero-order valence-electron chi connectivity index (χ0n) is 15.1. The molecule has 2 atom stereocenters. The number of piperidine rings is 1. The van der Waals surface area contributed by atoms with Crippen LogP contribution in [0.25, 0.3) is 6.08 Å². The van der Waals surface area contributed by atoms with Crippen molar-refractivity contribution in [2.75, 3.05) is 13.1 Å². The van der Waals surface area contributed by atoms with Crippen molar-refractivity contribution in [2.45, 2.75) is 46.3 Å². The molecule has 0 spiro atoms. The smallest absolute Gasteiger partial charge is 0.128 e. The standard InChI is InChI=1S/C20H26F2N2O/c1-5-14-10-16(21)15(11-17(14)25)12-24-9-7-20(6-8-23,18(22)13-24)19(2,3)4/h5,10-11,18,25H,1,6-7,9,12-13H2,2-4H3. The lowest BCUT2D eigenvalue weighted by Gasteiger charge is -2.51. The monoisotopic (exact) mass is 348 g/mol. The van der Waals surface area contributed by atoms with Crippen molar-refractivity contribution in [1.82, 2.24) is 4.90 Å². The van der Waals surface area contributed by atoms with Crippen molar-refractivity contribution in [2.24, 2.45) is 10.8 Å². The van der Waals surface area contributed by atoms with E-state index in [-0.39, 0.29) is 30.7 Å². The van der Waals surface area contributed by atoms with Crippen molar-refractivity contribution in [1.29, 1.82) is 5.26 Å². The molecular formula is C20H26F2N2O. The lowest BCUT2D eigenvalue weighted by atomic mass is 9.59. The third-order valence-corrected chi connectivity index (χ3v) is 5.59. The van der Waals surface area contributed by atoms with Gasteiger partial charge in [-0.25, -0.2) is 8.78 Å². The van der Waals surface area contributed by atoms with Gasteiger partial charge in [0, 0.05) is 36.1 Å². The molecule has 0 saturated carbocycles. The summed E-state index contributed by atoms with van der Waals surface area (Å²) in [5.74, 6) is -0.471. The van der Waals surface area contributed by atoms with Crippen molar-refractivity contribution >= 4 is 6.08 Å². The average Bonchev–Trinajstić information content (AvgIpc) is 2.52. The van der Waals surface area contributed by atoms with Gasteiger partial charge in [0.15, 0.2) is 0 Å². The van der Waals surface area contributed by atoms with E-state index in [1.807, 2.05) is 25.7 Å². The Morgan fingerprint density at radius 3 is 2.68 bits per heavy atom. The van der Waals surface area contributed by atoms with Gasteiger partial charge in [-0.1, -0.05) is 33.4 Å². The van der Waals surface area contributed by atoms with E-state index >= 15 is 4.39 Å². The van der Waals surface area contributed by atoms with E-state index in [4.69, 9.17) is 5.26 Å². The zero-order chi connectivity index (χ0) is 18.8. The highest BCUT2D eigenvalue weighted by Crippen LogP contribution is 2.50. The second-order valence-electron chi connectivity index (χ2n) is 7.90. The van der Waals surface area contributed by atoms with Gasteiger partial charge in [0.05, 0.1) is 6.07 Å². The number of nitrogens with zero attached hydrogens (tertiary/aromatic N) is 2. The van der Waals surface area contributed by atoms with Crippen LogP contribution in [0.5, 0.6) is 5.75 Å². The molecular weight excluding hydrogens is 322 g/mol. The first-order valence-electron chi connectivity index (χ1n) is 8.52. The van der Waals surface area contributed by atoms with Gasteiger partial charge in [-0.15, -0.1) is 0 Å². The van der Waals surface area contributed by atoms with E-state index in [1.54, 1.807) is 0 Å². The number of halogens is 2. The second-order valence-corrected chi connectivity index (χ2v) is 7.90. The van der Waals surface area contributed by atoms with Crippen LogP contribution in [0.15, 0.2) is 18.7 Å². The molecule has 2 unspecified atom stereocenters. The number of aromatic hydroxyl groups is 1. The molecule has 1 aromatic carbocycles. The predicted octanol–water partition coefficient (Wildman–Crippen LogP) is 4.66. The fourth-order valence-electron chi connectivity index (χ4n) is 3.75. The van der Waals surface area contributed by atoms with E-state index in [1.165, 1.54) is 18.2 Å². The van der Waals surface area contributed by atoms with Gasteiger partial charge >= 0.3 is 0 Å². The maximum Gasteiger partial charge on any atom is 0.128 e. The number of phenols is 1. The molecule has 1 N–H and O–H groups in total. The van der Waals surface area contributed by atoms with Crippen molar-refractivity contribution < 1.29 is 13.9 Å². The molecule has 1 fully saturated rings. The third-order valence-electron chi connectivity index (χ3n) is 5.59. The number of alkyl halides is 1. The first-order valence-corrected chi connectivity index (χ1v) is 8.52. The van der Waals surface area contributed by atoms with Gasteiger partial charge in [0.25, 0.3) is 0 Å². The molecule has 25 heavy (non-hydrogen) atoms. The SMILES string of the molecule is C=Cc1cc(F)c(CN2CCC(CC#N)(C(C)(C)C)C(F)C2)cc1O. The molecule has 1 aromatic rings. The van der Waals surface area contributed by atoms with Crippen molar-refractivity contribution in [3.8, 4) is 11.8 Å². The fraction of sp³-hybridized carbons (Fsp3) is 0.550. The summed E-state index contributed by atoms with van der Waals surface area (Å²) in [6.07, 6.45) is 0.948. The predicted molar refractivity (Wildman–Crippen MR) is 95.1 cm³/mol. The van der Waals surface area contributed by atoms with Crippen LogP contribution in [-0.2, 0) is 6.54 Å². The Labute approximate surface area is 148 Å². The van der Waals surface area contributed by atoms with Crippen molar-refractivity contribution in [3.63, 3.8) is 0 Å². The molecule has 1 heterocycles. The largest absolute Gasteiger partial charge is 0.507 e. The number of likely N-dealkylation sites (tertiary alicyclic amines) is 1. The third kappa shape index (κ3) is 3.69. The molecule has 3 nitrogen and oxygen atoms in total. The number of benzene rings is 1. The number of nitriles is 1. The van der Waals surface area contributed by atoms with Gasteiger partial charge in [-0.3, -0.25) is 4.90 Å². The summed E-state index contributed by atoms with van der Waals surface area (Å²) in [6, 6.07) is 4.76. The molecule has 0 aliphatic carbocycles. The van der Waals surface area contributed by atoms with E-state index < -0.39 is 17.4 Å². The molecule has 1 aliphatic heterocycles. The summed E-state index contributed by atoms with van der Waals surface area (Å²) in [5.41, 5.74) is -0.350. The highest BCUT2D eigenvalue weighted by molar-refractivity contribution is 5.56. The lowest BCUT2D eigenvalue weighted by Crippen LogP contribution is -2.54. The van der Waals surface area contributed by atoms with Crippen LogP contribution < -0.4 is 0 Å². The number of phenolic OH excluding ortho intramolecular Hbond substituents is 1. The Bertz CT molecular complexity index is 690. The summed E-state index contributed by atoms with van der Waals surface area (Å²) < 4.78 is 29.3. The van der Waals surface area contributed by atoms with E-state index in [0.29, 0.717) is 24.1 Å². The first kappa shape index (κ1) is 19.4.